The lowest BCUT2D eigenvalue weighted by molar-refractivity contribution is -0.438. The highest BCUT2D eigenvalue weighted by atomic mass is 15.2. The fourth-order valence-electron chi connectivity index (χ4n) is 7.50. The Hall–Kier alpha value is -4.24. The molecule has 0 fully saturated rings. The molecule has 0 aliphatic carbocycles. The van der Waals surface area contributed by atoms with Crippen molar-refractivity contribution in [1.82, 2.24) is 0 Å². The zero-order chi connectivity index (χ0) is 30.2. The molecule has 4 aromatic carbocycles. The average Bonchev–Trinajstić information content (AvgIpc) is 3.37. The molecule has 0 bridgehead atoms. The van der Waals surface area contributed by atoms with Gasteiger partial charge in [-0.2, -0.15) is 4.58 Å². The Labute approximate surface area is 257 Å². The van der Waals surface area contributed by atoms with Gasteiger partial charge in [0.1, 0.15) is 6.54 Å². The predicted octanol–water partition coefficient (Wildman–Crippen LogP) is 9.66. The second kappa shape index (κ2) is 11.4. The standard InChI is InChI=1S/C40H44N3/c1-7-42-33-25-23-29-17-11-13-19-31(29)37(33)39(2,3)35(42)21-9-8-10-22-36-40(4,5)38-32-20-14-12-18-30(32)24-26-34(38)43(36)28-16-15-27-41-6/h8-14,17-26H,6-7,15-16,27-28H2,1-5H3/q+1. The van der Waals surface area contributed by atoms with Gasteiger partial charge in [-0.15, -0.1) is 0 Å². The van der Waals surface area contributed by atoms with Gasteiger partial charge in [-0.3, -0.25) is 0 Å². The topological polar surface area (TPSA) is 18.6 Å². The maximum atomic E-state index is 4.08. The van der Waals surface area contributed by atoms with Crippen LogP contribution >= 0.6 is 0 Å². The van der Waals surface area contributed by atoms with Crippen LogP contribution in [0.3, 0.4) is 0 Å². The molecule has 2 aliphatic rings. The number of hydrogen-bond acceptors (Lipinski definition) is 2. The van der Waals surface area contributed by atoms with Crippen molar-refractivity contribution < 1.29 is 4.58 Å². The van der Waals surface area contributed by atoms with Gasteiger partial charge in [0.05, 0.1) is 5.41 Å². The van der Waals surface area contributed by atoms with E-state index in [0.29, 0.717) is 0 Å². The highest BCUT2D eigenvalue weighted by Gasteiger charge is 2.45. The van der Waals surface area contributed by atoms with Crippen LogP contribution in [0.15, 0.2) is 114 Å². The summed E-state index contributed by atoms with van der Waals surface area (Å²) >= 11 is 0. The van der Waals surface area contributed by atoms with Crippen LogP contribution in [0.25, 0.3) is 21.5 Å². The van der Waals surface area contributed by atoms with Gasteiger partial charge < -0.3 is 9.89 Å². The number of hydrogen-bond donors (Lipinski definition) is 0. The molecule has 218 valence electrons. The quantitative estimate of drug-likeness (QED) is 0.0854. The molecule has 0 amide bonds. The van der Waals surface area contributed by atoms with E-state index < -0.39 is 0 Å². The van der Waals surface area contributed by atoms with Crippen molar-refractivity contribution in [3.8, 4) is 0 Å². The Morgan fingerprint density at radius 3 is 2.14 bits per heavy atom. The molecule has 3 nitrogen and oxygen atoms in total. The van der Waals surface area contributed by atoms with E-state index in [1.54, 1.807) is 0 Å². The fourth-order valence-corrected chi connectivity index (χ4v) is 7.50. The summed E-state index contributed by atoms with van der Waals surface area (Å²) in [6, 6.07) is 26.7. The molecular formula is C40H44N3+. The number of aliphatic imine (C=N–C) groups is 1. The van der Waals surface area contributed by atoms with Gasteiger partial charge >= 0.3 is 0 Å². The zero-order valence-corrected chi connectivity index (χ0v) is 26.4. The first-order chi connectivity index (χ1) is 20.8. The largest absolute Gasteiger partial charge is 0.344 e. The summed E-state index contributed by atoms with van der Waals surface area (Å²) in [4.78, 5) is 6.56. The van der Waals surface area contributed by atoms with Crippen LogP contribution in [-0.2, 0) is 10.8 Å². The summed E-state index contributed by atoms with van der Waals surface area (Å²) in [7, 11) is 0. The second-order valence-electron chi connectivity index (χ2n) is 12.8. The molecule has 3 heteroatoms. The Kier molecular flexibility index (Phi) is 7.68. The van der Waals surface area contributed by atoms with Gasteiger partial charge in [0.15, 0.2) is 5.71 Å². The van der Waals surface area contributed by atoms with E-state index in [2.05, 4.69) is 159 Å². The van der Waals surface area contributed by atoms with Crippen molar-refractivity contribution in [3.05, 3.63) is 120 Å². The van der Waals surface area contributed by atoms with Crippen molar-refractivity contribution in [2.75, 3.05) is 24.5 Å². The molecule has 6 rings (SSSR count). The second-order valence-corrected chi connectivity index (χ2v) is 12.8. The van der Waals surface area contributed by atoms with Crippen molar-refractivity contribution >= 4 is 45.3 Å². The van der Waals surface area contributed by atoms with Crippen LogP contribution in [0.4, 0.5) is 11.4 Å². The third-order valence-electron chi connectivity index (χ3n) is 9.50. The first kappa shape index (κ1) is 28.9. The predicted molar refractivity (Wildman–Crippen MR) is 187 cm³/mol. The first-order valence-corrected chi connectivity index (χ1v) is 15.8. The van der Waals surface area contributed by atoms with Gasteiger partial charge in [0, 0.05) is 54.0 Å². The van der Waals surface area contributed by atoms with Crippen LogP contribution in [0.1, 0.15) is 58.6 Å². The maximum Gasteiger partial charge on any atom is 0.210 e. The summed E-state index contributed by atoms with van der Waals surface area (Å²) < 4.78 is 2.54. The van der Waals surface area contributed by atoms with Crippen molar-refractivity contribution in [1.29, 1.82) is 0 Å². The highest BCUT2D eigenvalue weighted by Crippen LogP contribution is 2.50. The molecule has 0 spiro atoms. The molecule has 0 N–H and O–H groups in total. The number of unbranched alkanes of at least 4 members (excludes halogenated alkanes) is 1. The zero-order valence-electron chi connectivity index (χ0n) is 26.4. The van der Waals surface area contributed by atoms with E-state index in [4.69, 9.17) is 0 Å². The molecule has 2 heterocycles. The van der Waals surface area contributed by atoms with Gasteiger partial charge in [0.25, 0.3) is 0 Å². The first-order valence-electron chi connectivity index (χ1n) is 15.8. The molecule has 0 atom stereocenters. The van der Waals surface area contributed by atoms with E-state index in [-0.39, 0.29) is 10.8 Å². The van der Waals surface area contributed by atoms with Gasteiger partial charge in [-0.1, -0.05) is 86.7 Å². The van der Waals surface area contributed by atoms with Gasteiger partial charge in [-0.05, 0) is 79.2 Å². The Morgan fingerprint density at radius 2 is 1.44 bits per heavy atom. The van der Waals surface area contributed by atoms with Crippen molar-refractivity contribution in [2.24, 2.45) is 4.99 Å². The molecule has 2 aliphatic heterocycles. The summed E-state index contributed by atoms with van der Waals surface area (Å²) in [6.07, 6.45) is 13.4. The van der Waals surface area contributed by atoms with Crippen LogP contribution in [0.5, 0.6) is 0 Å². The third kappa shape index (κ3) is 4.85. The third-order valence-corrected chi connectivity index (χ3v) is 9.50. The van der Waals surface area contributed by atoms with E-state index >= 15 is 0 Å². The van der Waals surface area contributed by atoms with Gasteiger partial charge in [0.2, 0.25) is 5.69 Å². The van der Waals surface area contributed by atoms with E-state index in [9.17, 15) is 0 Å². The molecule has 0 saturated carbocycles. The minimum atomic E-state index is -0.106. The van der Waals surface area contributed by atoms with E-state index in [0.717, 1.165) is 32.5 Å². The summed E-state index contributed by atoms with van der Waals surface area (Å²) in [6.45, 7) is 18.1. The summed E-state index contributed by atoms with van der Waals surface area (Å²) in [5.41, 5.74) is 8.02. The average molecular weight is 567 g/mol. The Morgan fingerprint density at radius 1 is 0.767 bits per heavy atom. The van der Waals surface area contributed by atoms with Gasteiger partial charge in [-0.25, -0.2) is 0 Å². The Balaban J connectivity index is 1.33. The lowest BCUT2D eigenvalue weighted by Crippen LogP contribution is -2.28. The molecule has 0 saturated heterocycles. The monoisotopic (exact) mass is 566 g/mol. The molecule has 4 aromatic rings. The lowest BCUT2D eigenvalue weighted by atomic mass is 9.79. The number of allylic oxidation sites excluding steroid dienone is 6. The molecule has 43 heavy (non-hydrogen) atoms. The number of rotatable bonds is 9. The minimum Gasteiger partial charge on any atom is -0.344 e. The van der Waals surface area contributed by atoms with E-state index in [1.807, 2.05) is 0 Å². The molecular weight excluding hydrogens is 522 g/mol. The number of likely N-dealkylation sites (N-methyl/N-ethyl adjacent to an activating group) is 1. The fraction of sp³-hybridized carbons (Fsp3) is 0.300. The Bertz CT molecular complexity index is 1830. The smallest absolute Gasteiger partial charge is 0.210 e. The van der Waals surface area contributed by atoms with Crippen LogP contribution in [0, 0.1) is 0 Å². The van der Waals surface area contributed by atoms with Crippen molar-refractivity contribution in [3.63, 3.8) is 0 Å². The highest BCUT2D eigenvalue weighted by molar-refractivity contribution is 6.07. The van der Waals surface area contributed by atoms with Crippen LogP contribution in [0.2, 0.25) is 0 Å². The number of benzene rings is 4. The number of anilines is 1. The maximum absolute atomic E-state index is 4.08. The number of fused-ring (bicyclic) bond motifs is 6. The van der Waals surface area contributed by atoms with E-state index in [1.165, 1.54) is 55.5 Å². The normalized spacial score (nSPS) is 18.1. The molecule has 0 radical (unpaired) electrons. The minimum absolute atomic E-state index is 0.0811. The SMILES string of the molecule is C=NCCCC[N+]1=C(/C=C/C=C/C=C2/N(CC)c3ccc4ccccc4c3C2(C)C)C(C)(C)c2c1ccc1ccccc21. The van der Waals surface area contributed by atoms with Crippen LogP contribution < -0.4 is 4.90 Å². The molecule has 0 aromatic heterocycles. The number of nitrogens with zero attached hydrogens (tertiary/aromatic N) is 3. The van der Waals surface area contributed by atoms with Crippen molar-refractivity contribution in [2.45, 2.75) is 58.3 Å². The van der Waals surface area contributed by atoms with Crippen LogP contribution in [-0.4, -0.2) is 36.6 Å². The summed E-state index contributed by atoms with van der Waals surface area (Å²) in [5, 5.41) is 5.31. The molecule has 0 unspecified atom stereocenters. The lowest BCUT2D eigenvalue weighted by Gasteiger charge is -2.26. The summed E-state index contributed by atoms with van der Waals surface area (Å²) in [5.74, 6) is 0.